The van der Waals surface area contributed by atoms with Crippen molar-refractivity contribution in [1.82, 2.24) is 14.8 Å². The van der Waals surface area contributed by atoms with E-state index < -0.39 is 0 Å². The molecule has 1 aromatic heterocycles. The fourth-order valence-corrected chi connectivity index (χ4v) is 5.31. The summed E-state index contributed by atoms with van der Waals surface area (Å²) in [5.74, 6) is 0.568. The summed E-state index contributed by atoms with van der Waals surface area (Å²) in [7, 11) is 0. The summed E-state index contributed by atoms with van der Waals surface area (Å²) in [5.41, 5.74) is 1.19. The molecule has 11 heteroatoms. The number of fused-ring (bicyclic) bond motifs is 2. The van der Waals surface area contributed by atoms with Crippen LogP contribution in [0.15, 0.2) is 18.2 Å². The Labute approximate surface area is 194 Å². The molecule has 1 aromatic carbocycles. The standard InChI is InChI=1S/C22H24N4O6S/c1-2-30-22(29)26-9-7-25(8-10-26)20(28)14-4-6-17-18(14)23-21(33-17)24-19(27)13-3-5-15-16(11-13)32-12-31-15/h3,5,11,14H,2,4,6-10,12H2,1H3,(H,23,24,27). The van der Waals surface area contributed by atoms with E-state index in [1.165, 1.54) is 11.3 Å². The van der Waals surface area contributed by atoms with Gasteiger partial charge in [-0.05, 0) is 38.0 Å². The highest BCUT2D eigenvalue weighted by molar-refractivity contribution is 7.16. The summed E-state index contributed by atoms with van der Waals surface area (Å²) in [6, 6.07) is 5.02. The lowest BCUT2D eigenvalue weighted by molar-refractivity contribution is -0.134. The number of benzene rings is 1. The Hall–Kier alpha value is -3.34. The van der Waals surface area contributed by atoms with E-state index in [1.54, 1.807) is 34.9 Å². The van der Waals surface area contributed by atoms with Gasteiger partial charge in [0.05, 0.1) is 18.2 Å². The van der Waals surface area contributed by atoms with Gasteiger partial charge < -0.3 is 24.0 Å². The van der Waals surface area contributed by atoms with Crippen LogP contribution in [0.25, 0.3) is 0 Å². The first kappa shape index (κ1) is 21.5. The minimum atomic E-state index is -0.338. The normalized spacial score (nSPS) is 18.8. The molecule has 2 aromatic rings. The van der Waals surface area contributed by atoms with Crippen LogP contribution in [0, 0.1) is 0 Å². The molecule has 0 saturated carbocycles. The fourth-order valence-electron chi connectivity index (χ4n) is 4.27. The predicted octanol–water partition coefficient (Wildman–Crippen LogP) is 2.45. The number of ether oxygens (including phenoxy) is 3. The van der Waals surface area contributed by atoms with Crippen LogP contribution >= 0.6 is 11.3 Å². The number of aromatic nitrogens is 1. The summed E-state index contributed by atoms with van der Waals surface area (Å²) >= 11 is 1.41. The number of nitrogens with zero attached hydrogens (tertiary/aromatic N) is 3. The zero-order chi connectivity index (χ0) is 22.9. The van der Waals surface area contributed by atoms with Crippen molar-refractivity contribution in [3.8, 4) is 11.5 Å². The zero-order valence-corrected chi connectivity index (χ0v) is 19.0. The molecule has 2 aliphatic heterocycles. The third-order valence-electron chi connectivity index (χ3n) is 5.99. The quantitative estimate of drug-likeness (QED) is 0.728. The summed E-state index contributed by atoms with van der Waals surface area (Å²) < 4.78 is 15.7. The van der Waals surface area contributed by atoms with Gasteiger partial charge in [-0.25, -0.2) is 9.78 Å². The number of piperazine rings is 1. The lowest BCUT2D eigenvalue weighted by Gasteiger charge is -2.35. The zero-order valence-electron chi connectivity index (χ0n) is 18.2. The average Bonchev–Trinajstić information content (AvgIpc) is 3.54. The van der Waals surface area contributed by atoms with Gasteiger partial charge >= 0.3 is 6.09 Å². The maximum Gasteiger partial charge on any atom is 0.409 e. The van der Waals surface area contributed by atoms with Gasteiger partial charge in [0.2, 0.25) is 12.7 Å². The third kappa shape index (κ3) is 4.20. The lowest BCUT2D eigenvalue weighted by atomic mass is 10.1. The van der Waals surface area contributed by atoms with Crippen molar-refractivity contribution in [3.63, 3.8) is 0 Å². The van der Waals surface area contributed by atoms with Crippen LogP contribution in [-0.2, 0) is 16.0 Å². The number of carbonyl (C=O) groups is 3. The molecule has 1 saturated heterocycles. The Bertz CT molecular complexity index is 1090. The van der Waals surface area contributed by atoms with Crippen molar-refractivity contribution in [2.75, 3.05) is 44.9 Å². The first-order valence-electron chi connectivity index (χ1n) is 10.9. The second-order valence-corrected chi connectivity index (χ2v) is 9.04. The third-order valence-corrected chi connectivity index (χ3v) is 7.03. The monoisotopic (exact) mass is 472 g/mol. The summed E-state index contributed by atoms with van der Waals surface area (Å²) in [6.07, 6.45) is 1.13. The van der Waals surface area contributed by atoms with Gasteiger partial charge in [0.1, 0.15) is 0 Å². The first-order valence-corrected chi connectivity index (χ1v) is 11.8. The summed E-state index contributed by atoms with van der Waals surface area (Å²) in [4.78, 5) is 46.8. The average molecular weight is 473 g/mol. The van der Waals surface area contributed by atoms with Crippen LogP contribution in [0.5, 0.6) is 11.5 Å². The molecule has 33 heavy (non-hydrogen) atoms. The second-order valence-electron chi connectivity index (χ2n) is 7.95. The fraction of sp³-hybridized carbons (Fsp3) is 0.455. The predicted molar refractivity (Wildman–Crippen MR) is 119 cm³/mol. The van der Waals surface area contributed by atoms with Crippen LogP contribution < -0.4 is 14.8 Å². The van der Waals surface area contributed by atoms with Crippen molar-refractivity contribution < 1.29 is 28.6 Å². The van der Waals surface area contributed by atoms with Crippen LogP contribution in [-0.4, -0.2) is 72.3 Å². The lowest BCUT2D eigenvalue weighted by Crippen LogP contribution is -2.51. The van der Waals surface area contributed by atoms with Gasteiger partial charge in [0, 0.05) is 36.6 Å². The first-order chi connectivity index (χ1) is 16.0. The van der Waals surface area contributed by atoms with Crippen LogP contribution in [0.4, 0.5) is 9.93 Å². The highest BCUT2D eigenvalue weighted by Gasteiger charge is 2.37. The Morgan fingerprint density at radius 2 is 1.91 bits per heavy atom. The van der Waals surface area contributed by atoms with Crippen LogP contribution in [0.2, 0.25) is 0 Å². The number of hydrogen-bond acceptors (Lipinski definition) is 8. The highest BCUT2D eigenvalue weighted by Crippen LogP contribution is 2.40. The van der Waals surface area contributed by atoms with E-state index in [4.69, 9.17) is 14.2 Å². The van der Waals surface area contributed by atoms with Gasteiger partial charge in [-0.3, -0.25) is 14.9 Å². The van der Waals surface area contributed by atoms with E-state index in [-0.39, 0.29) is 30.6 Å². The molecule has 0 radical (unpaired) electrons. The highest BCUT2D eigenvalue weighted by atomic mass is 32.1. The summed E-state index contributed by atoms with van der Waals surface area (Å²) in [6.45, 7) is 4.11. The number of rotatable bonds is 4. The SMILES string of the molecule is CCOC(=O)N1CCN(C(=O)C2CCc3sc(NC(=O)c4ccc5c(c4)OCO5)nc32)CC1. The van der Waals surface area contributed by atoms with Gasteiger partial charge in [0.15, 0.2) is 16.6 Å². The maximum absolute atomic E-state index is 13.2. The number of nitrogens with one attached hydrogen (secondary N) is 1. The molecule has 0 bridgehead atoms. The van der Waals surface area contributed by atoms with Gasteiger partial charge in [-0.2, -0.15) is 0 Å². The molecule has 174 valence electrons. The van der Waals surface area contributed by atoms with Crippen LogP contribution in [0.3, 0.4) is 0 Å². The molecule has 1 fully saturated rings. The molecule has 1 aliphatic carbocycles. The number of carbonyl (C=O) groups excluding carboxylic acids is 3. The van der Waals surface area contributed by atoms with Crippen molar-refractivity contribution in [3.05, 3.63) is 34.3 Å². The maximum atomic E-state index is 13.2. The number of aryl methyl sites for hydroxylation is 1. The van der Waals surface area contributed by atoms with E-state index in [2.05, 4.69) is 10.3 Å². The second kappa shape index (κ2) is 8.89. The molecule has 0 spiro atoms. The molecule has 3 heterocycles. The molecule has 1 N–H and O–H groups in total. The molecule has 1 atom stereocenters. The molecule has 3 aliphatic rings. The Morgan fingerprint density at radius 1 is 1.15 bits per heavy atom. The van der Waals surface area contributed by atoms with E-state index in [0.717, 1.165) is 17.0 Å². The Morgan fingerprint density at radius 3 is 2.70 bits per heavy atom. The van der Waals surface area contributed by atoms with Crippen molar-refractivity contribution in [2.45, 2.75) is 25.7 Å². The van der Waals surface area contributed by atoms with E-state index >= 15 is 0 Å². The number of hydrogen-bond donors (Lipinski definition) is 1. The molecule has 1 unspecified atom stereocenters. The van der Waals surface area contributed by atoms with E-state index in [0.29, 0.717) is 61.4 Å². The van der Waals surface area contributed by atoms with Gasteiger partial charge in [-0.1, -0.05) is 0 Å². The smallest absolute Gasteiger partial charge is 0.409 e. The van der Waals surface area contributed by atoms with Crippen LogP contribution in [0.1, 0.15) is 40.2 Å². The summed E-state index contributed by atoms with van der Waals surface area (Å²) in [5, 5.41) is 3.32. The molecule has 10 nitrogen and oxygen atoms in total. The number of anilines is 1. The van der Waals surface area contributed by atoms with Crippen molar-refractivity contribution >= 4 is 34.4 Å². The Kier molecular flexibility index (Phi) is 5.79. The minimum absolute atomic E-state index is 0.0243. The largest absolute Gasteiger partial charge is 0.454 e. The molecule has 5 rings (SSSR count). The molecular formula is C22H24N4O6S. The topological polar surface area (TPSA) is 110 Å². The molecule has 3 amide bonds. The van der Waals surface area contributed by atoms with E-state index in [9.17, 15) is 14.4 Å². The minimum Gasteiger partial charge on any atom is -0.454 e. The van der Waals surface area contributed by atoms with E-state index in [1.807, 2.05) is 0 Å². The van der Waals surface area contributed by atoms with Crippen molar-refractivity contribution in [1.29, 1.82) is 0 Å². The van der Waals surface area contributed by atoms with Gasteiger partial charge in [-0.15, -0.1) is 11.3 Å². The molecular weight excluding hydrogens is 448 g/mol. The van der Waals surface area contributed by atoms with Crippen molar-refractivity contribution in [2.24, 2.45) is 0 Å². The Balaban J connectivity index is 1.22. The number of thiazole rings is 1. The number of amides is 3. The van der Waals surface area contributed by atoms with Gasteiger partial charge in [0.25, 0.3) is 5.91 Å².